The number of aliphatic carboxylic acids is 1. The molecule has 1 aromatic rings. The number of rotatable bonds is 5. The molecule has 0 aliphatic rings. The predicted octanol–water partition coefficient (Wildman–Crippen LogP) is 3.09. The average molecular weight is 243 g/mol. The van der Waals surface area contributed by atoms with E-state index in [1.54, 1.807) is 12.2 Å². The zero-order valence-electron chi connectivity index (χ0n) is 8.62. The lowest BCUT2D eigenvalue weighted by Gasteiger charge is -2.01. The molecule has 0 saturated carbocycles. The Morgan fingerprint density at radius 1 is 1.50 bits per heavy atom. The van der Waals surface area contributed by atoms with Crippen molar-refractivity contribution in [2.24, 2.45) is 0 Å². The molecule has 0 heterocycles. The molecule has 1 rings (SSSR count). The van der Waals surface area contributed by atoms with Crippen molar-refractivity contribution in [1.82, 2.24) is 0 Å². The fourth-order valence-electron chi connectivity index (χ4n) is 1.28. The lowest BCUT2D eigenvalue weighted by atomic mass is 10.1. The first-order chi connectivity index (χ1) is 7.63. The van der Waals surface area contributed by atoms with Crippen molar-refractivity contribution in [3.8, 4) is 0 Å². The maximum atomic E-state index is 13.3. The molecule has 0 bridgehead atoms. The molecule has 0 amide bonds. The SMILES string of the molecule is O=C(O)Cc1ccc(F)c(C=CCCCl)c1. The van der Waals surface area contributed by atoms with Crippen LogP contribution in [-0.2, 0) is 11.2 Å². The van der Waals surface area contributed by atoms with Crippen molar-refractivity contribution in [2.45, 2.75) is 12.8 Å². The van der Waals surface area contributed by atoms with E-state index in [4.69, 9.17) is 16.7 Å². The molecule has 0 spiro atoms. The van der Waals surface area contributed by atoms with Crippen molar-refractivity contribution >= 4 is 23.6 Å². The molecule has 0 saturated heterocycles. The lowest BCUT2D eigenvalue weighted by Crippen LogP contribution is -2.00. The largest absolute Gasteiger partial charge is 0.481 e. The summed E-state index contributed by atoms with van der Waals surface area (Å²) in [6.07, 6.45) is 3.93. The van der Waals surface area contributed by atoms with Crippen LogP contribution in [0.25, 0.3) is 6.08 Å². The fourth-order valence-corrected chi connectivity index (χ4v) is 1.40. The van der Waals surface area contributed by atoms with E-state index in [2.05, 4.69) is 0 Å². The van der Waals surface area contributed by atoms with Crippen molar-refractivity contribution in [1.29, 1.82) is 0 Å². The topological polar surface area (TPSA) is 37.3 Å². The standard InChI is InChI=1S/C12H12ClFO2/c13-6-2-1-3-10-7-9(8-12(15)16)4-5-11(10)14/h1,3-5,7H,2,6,8H2,(H,15,16). The number of carbonyl (C=O) groups is 1. The molecule has 0 aromatic heterocycles. The average Bonchev–Trinajstić information content (AvgIpc) is 2.22. The quantitative estimate of drug-likeness (QED) is 0.806. The number of halogens is 2. The van der Waals surface area contributed by atoms with Crippen LogP contribution in [-0.4, -0.2) is 17.0 Å². The van der Waals surface area contributed by atoms with E-state index in [1.165, 1.54) is 18.2 Å². The molecule has 0 unspecified atom stereocenters. The summed E-state index contributed by atoms with van der Waals surface area (Å²) in [5.74, 6) is -0.810. The fraction of sp³-hybridized carbons (Fsp3) is 0.250. The third kappa shape index (κ3) is 4.03. The molecule has 1 N–H and O–H groups in total. The van der Waals surface area contributed by atoms with Crippen LogP contribution in [0.1, 0.15) is 17.5 Å². The van der Waals surface area contributed by atoms with E-state index in [9.17, 15) is 9.18 Å². The highest BCUT2D eigenvalue weighted by Gasteiger charge is 2.04. The summed E-state index contributed by atoms with van der Waals surface area (Å²) in [5.41, 5.74) is 0.975. The van der Waals surface area contributed by atoms with Gasteiger partial charge in [-0.2, -0.15) is 0 Å². The Morgan fingerprint density at radius 3 is 2.88 bits per heavy atom. The molecule has 16 heavy (non-hydrogen) atoms. The van der Waals surface area contributed by atoms with E-state index in [0.29, 0.717) is 23.4 Å². The van der Waals surface area contributed by atoms with E-state index < -0.39 is 5.97 Å². The van der Waals surface area contributed by atoms with Gasteiger partial charge in [0.1, 0.15) is 5.82 Å². The smallest absolute Gasteiger partial charge is 0.307 e. The van der Waals surface area contributed by atoms with Crippen LogP contribution >= 0.6 is 11.6 Å². The van der Waals surface area contributed by atoms with Gasteiger partial charge in [-0.1, -0.05) is 18.2 Å². The Balaban J connectivity index is 2.85. The summed E-state index contributed by atoms with van der Waals surface area (Å²) in [6, 6.07) is 4.29. The van der Waals surface area contributed by atoms with E-state index in [-0.39, 0.29) is 12.2 Å². The van der Waals surface area contributed by atoms with Crippen molar-refractivity contribution in [3.63, 3.8) is 0 Å². The second kappa shape index (κ2) is 6.28. The Morgan fingerprint density at radius 2 is 2.25 bits per heavy atom. The van der Waals surface area contributed by atoms with Gasteiger partial charge in [0, 0.05) is 11.4 Å². The zero-order valence-corrected chi connectivity index (χ0v) is 9.38. The Bertz CT molecular complexity index is 402. The summed E-state index contributed by atoms with van der Waals surface area (Å²) >= 11 is 5.48. The second-order valence-electron chi connectivity index (χ2n) is 3.31. The van der Waals surface area contributed by atoms with Crippen LogP contribution < -0.4 is 0 Å². The summed E-state index contributed by atoms with van der Waals surface area (Å²) in [6.45, 7) is 0. The molecule has 2 nitrogen and oxygen atoms in total. The minimum absolute atomic E-state index is 0.101. The minimum atomic E-state index is -0.928. The van der Waals surface area contributed by atoms with E-state index in [1.807, 2.05) is 0 Å². The predicted molar refractivity (Wildman–Crippen MR) is 62.1 cm³/mol. The zero-order chi connectivity index (χ0) is 12.0. The minimum Gasteiger partial charge on any atom is -0.481 e. The molecule has 0 fully saturated rings. The molecule has 0 atom stereocenters. The van der Waals surface area contributed by atoms with Gasteiger partial charge in [-0.05, 0) is 24.1 Å². The normalized spacial score (nSPS) is 10.9. The van der Waals surface area contributed by atoms with Gasteiger partial charge in [-0.25, -0.2) is 4.39 Å². The van der Waals surface area contributed by atoms with Crippen LogP contribution in [0.15, 0.2) is 24.3 Å². The summed E-state index contributed by atoms with van der Waals surface area (Å²) in [7, 11) is 0. The molecule has 0 aliphatic heterocycles. The first-order valence-corrected chi connectivity index (χ1v) is 5.39. The summed E-state index contributed by atoms with van der Waals surface area (Å²) in [5, 5.41) is 8.61. The molecule has 4 heteroatoms. The Labute approximate surface area is 98.4 Å². The maximum absolute atomic E-state index is 13.3. The highest BCUT2D eigenvalue weighted by molar-refractivity contribution is 6.17. The van der Waals surface area contributed by atoms with Crippen molar-refractivity contribution in [3.05, 3.63) is 41.2 Å². The number of hydrogen-bond acceptors (Lipinski definition) is 1. The molecule has 1 aromatic carbocycles. The molecule has 0 radical (unpaired) electrons. The van der Waals surface area contributed by atoms with Crippen LogP contribution in [0.4, 0.5) is 4.39 Å². The highest BCUT2D eigenvalue weighted by atomic mass is 35.5. The number of hydrogen-bond donors (Lipinski definition) is 1. The first kappa shape index (κ1) is 12.7. The van der Waals surface area contributed by atoms with E-state index >= 15 is 0 Å². The Kier molecular flexibility index (Phi) is 4.99. The van der Waals surface area contributed by atoms with Crippen LogP contribution in [0.5, 0.6) is 0 Å². The number of carboxylic acid groups (broad SMARTS) is 1. The third-order valence-corrected chi connectivity index (χ3v) is 2.21. The molecular formula is C12H12ClFO2. The molecular weight excluding hydrogens is 231 g/mol. The first-order valence-electron chi connectivity index (χ1n) is 4.86. The lowest BCUT2D eigenvalue weighted by molar-refractivity contribution is -0.136. The monoisotopic (exact) mass is 242 g/mol. The highest BCUT2D eigenvalue weighted by Crippen LogP contribution is 2.13. The number of allylic oxidation sites excluding steroid dienone is 1. The maximum Gasteiger partial charge on any atom is 0.307 e. The van der Waals surface area contributed by atoms with Crippen LogP contribution in [0, 0.1) is 5.82 Å². The third-order valence-electron chi connectivity index (χ3n) is 1.99. The van der Waals surface area contributed by atoms with E-state index in [0.717, 1.165) is 0 Å². The van der Waals surface area contributed by atoms with Gasteiger partial charge in [-0.15, -0.1) is 11.6 Å². The van der Waals surface area contributed by atoms with Gasteiger partial charge in [0.05, 0.1) is 6.42 Å². The number of benzene rings is 1. The molecule has 0 aliphatic carbocycles. The van der Waals surface area contributed by atoms with Crippen molar-refractivity contribution in [2.75, 3.05) is 5.88 Å². The second-order valence-corrected chi connectivity index (χ2v) is 3.68. The number of alkyl halides is 1. The van der Waals surface area contributed by atoms with Gasteiger partial charge in [-0.3, -0.25) is 4.79 Å². The van der Waals surface area contributed by atoms with Crippen LogP contribution in [0.2, 0.25) is 0 Å². The van der Waals surface area contributed by atoms with Crippen molar-refractivity contribution < 1.29 is 14.3 Å². The van der Waals surface area contributed by atoms with Gasteiger partial charge in [0.25, 0.3) is 0 Å². The Hall–Kier alpha value is -1.35. The van der Waals surface area contributed by atoms with Crippen LogP contribution in [0.3, 0.4) is 0 Å². The van der Waals surface area contributed by atoms with Gasteiger partial charge in [0.2, 0.25) is 0 Å². The van der Waals surface area contributed by atoms with Gasteiger partial charge in [0.15, 0.2) is 0 Å². The van der Waals surface area contributed by atoms with Gasteiger partial charge >= 0.3 is 5.97 Å². The number of carboxylic acids is 1. The van der Waals surface area contributed by atoms with Gasteiger partial charge < -0.3 is 5.11 Å². The summed E-state index contributed by atoms with van der Waals surface area (Å²) < 4.78 is 13.3. The summed E-state index contributed by atoms with van der Waals surface area (Å²) in [4.78, 5) is 10.5. The molecule has 86 valence electrons.